The van der Waals surface area contributed by atoms with Crippen LogP contribution in [0.25, 0.3) is 0 Å². The number of hydrogen-bond donors (Lipinski definition) is 0. The van der Waals surface area contributed by atoms with E-state index in [-0.39, 0.29) is 0 Å². The topological polar surface area (TPSA) is 20.3 Å². The first-order valence-electron chi connectivity index (χ1n) is 6.62. The Hall–Kier alpha value is -1.15. The molecule has 0 saturated carbocycles. The monoisotopic (exact) mass is 231 g/mol. The lowest BCUT2D eigenvalue weighted by atomic mass is 10.1. The molecule has 1 fully saturated rings. The van der Waals surface area contributed by atoms with Crippen LogP contribution in [0.5, 0.6) is 0 Å². The Balaban J connectivity index is 1.78. The lowest BCUT2D eigenvalue weighted by molar-refractivity contribution is -0.107. The Labute approximate surface area is 104 Å². The molecule has 1 saturated heterocycles. The number of rotatable bonds is 6. The molecule has 1 aliphatic rings. The number of likely N-dealkylation sites (tertiary alicyclic amines) is 1. The van der Waals surface area contributed by atoms with Crippen molar-refractivity contribution in [2.75, 3.05) is 19.6 Å². The minimum absolute atomic E-state index is 0.632. The van der Waals surface area contributed by atoms with E-state index in [9.17, 15) is 4.79 Å². The fraction of sp³-hybridized carbons (Fsp3) is 0.533. The molecule has 0 aliphatic carbocycles. The van der Waals surface area contributed by atoms with Gasteiger partial charge in [0.2, 0.25) is 0 Å². The molecule has 92 valence electrons. The maximum Gasteiger partial charge on any atom is 0.120 e. The van der Waals surface area contributed by atoms with Crippen molar-refractivity contribution in [1.29, 1.82) is 0 Å². The molecule has 0 N–H and O–H groups in total. The second kappa shape index (κ2) is 6.55. The van der Waals surface area contributed by atoms with Crippen LogP contribution in [0.4, 0.5) is 0 Å². The summed E-state index contributed by atoms with van der Waals surface area (Å²) in [4.78, 5) is 12.8. The summed E-state index contributed by atoms with van der Waals surface area (Å²) in [5.74, 6) is 0. The third-order valence-corrected chi connectivity index (χ3v) is 3.49. The average Bonchev–Trinajstić information content (AvgIpc) is 2.88. The van der Waals surface area contributed by atoms with E-state index in [1.807, 2.05) is 0 Å². The minimum Gasteiger partial charge on any atom is -0.303 e. The Kier molecular flexibility index (Phi) is 4.75. The number of carbonyl (C=O) groups excluding carboxylic acids is 1. The third kappa shape index (κ3) is 3.97. The first-order chi connectivity index (χ1) is 8.38. The molecule has 2 heteroatoms. The zero-order chi connectivity index (χ0) is 11.9. The van der Waals surface area contributed by atoms with Gasteiger partial charge < -0.3 is 9.69 Å². The van der Waals surface area contributed by atoms with Crippen molar-refractivity contribution in [1.82, 2.24) is 4.90 Å². The second-order valence-corrected chi connectivity index (χ2v) is 4.82. The van der Waals surface area contributed by atoms with E-state index in [2.05, 4.69) is 29.2 Å². The van der Waals surface area contributed by atoms with Crippen LogP contribution in [0.1, 0.15) is 30.4 Å². The lowest BCUT2D eigenvalue weighted by Crippen LogP contribution is -2.21. The van der Waals surface area contributed by atoms with Gasteiger partial charge in [0.25, 0.3) is 0 Å². The molecule has 1 heterocycles. The van der Waals surface area contributed by atoms with Crippen molar-refractivity contribution in [2.45, 2.75) is 32.1 Å². The molecule has 2 rings (SSSR count). The van der Waals surface area contributed by atoms with Crippen LogP contribution in [0.3, 0.4) is 0 Å². The summed E-state index contributed by atoms with van der Waals surface area (Å²) in [7, 11) is 0. The van der Waals surface area contributed by atoms with Gasteiger partial charge in [-0.15, -0.1) is 0 Å². The third-order valence-electron chi connectivity index (χ3n) is 3.49. The quantitative estimate of drug-likeness (QED) is 0.701. The fourth-order valence-electron chi connectivity index (χ4n) is 2.39. The van der Waals surface area contributed by atoms with Crippen molar-refractivity contribution >= 4 is 6.29 Å². The van der Waals surface area contributed by atoms with Crippen LogP contribution in [-0.2, 0) is 17.6 Å². The van der Waals surface area contributed by atoms with E-state index in [0.29, 0.717) is 6.42 Å². The van der Waals surface area contributed by atoms with E-state index in [1.165, 1.54) is 43.6 Å². The van der Waals surface area contributed by atoms with E-state index in [0.717, 1.165) is 19.1 Å². The molecule has 1 aliphatic heterocycles. The number of hydrogen-bond acceptors (Lipinski definition) is 2. The van der Waals surface area contributed by atoms with Crippen LogP contribution in [-0.4, -0.2) is 30.8 Å². The SMILES string of the molecule is O=CCCc1ccc(CCN2CCCC2)cc1. The Bertz CT molecular complexity index is 338. The molecule has 1 aromatic rings. The maximum atomic E-state index is 10.3. The van der Waals surface area contributed by atoms with E-state index >= 15 is 0 Å². The Morgan fingerprint density at radius 3 is 2.18 bits per heavy atom. The van der Waals surface area contributed by atoms with Gasteiger partial charge in [0.15, 0.2) is 0 Å². The standard InChI is InChI=1S/C15H21NO/c17-13-3-4-14-5-7-15(8-6-14)9-12-16-10-1-2-11-16/h5-8,13H,1-4,9-12H2. The number of aryl methyl sites for hydroxylation is 1. The molecule has 0 amide bonds. The lowest BCUT2D eigenvalue weighted by Gasteiger charge is -2.14. The molecule has 0 spiro atoms. The molecule has 2 nitrogen and oxygen atoms in total. The van der Waals surface area contributed by atoms with E-state index in [1.54, 1.807) is 0 Å². The molecule has 0 bridgehead atoms. The van der Waals surface area contributed by atoms with Crippen LogP contribution < -0.4 is 0 Å². The summed E-state index contributed by atoms with van der Waals surface area (Å²) < 4.78 is 0. The summed E-state index contributed by atoms with van der Waals surface area (Å²) in [6.07, 6.45) is 6.37. The number of carbonyl (C=O) groups is 1. The van der Waals surface area contributed by atoms with Gasteiger partial charge in [-0.1, -0.05) is 24.3 Å². The molecular formula is C15H21NO. The summed E-state index contributed by atoms with van der Waals surface area (Å²) in [6.45, 7) is 3.74. The molecule has 0 aromatic heterocycles. The summed E-state index contributed by atoms with van der Waals surface area (Å²) in [6, 6.07) is 8.72. The van der Waals surface area contributed by atoms with Crippen LogP contribution in [0.15, 0.2) is 24.3 Å². The first-order valence-corrected chi connectivity index (χ1v) is 6.62. The normalized spacial score (nSPS) is 16.2. The Morgan fingerprint density at radius 2 is 1.59 bits per heavy atom. The van der Waals surface area contributed by atoms with Gasteiger partial charge in [-0.3, -0.25) is 0 Å². The van der Waals surface area contributed by atoms with E-state index in [4.69, 9.17) is 0 Å². The number of aldehydes is 1. The molecule has 1 aromatic carbocycles. The molecule has 0 atom stereocenters. The highest BCUT2D eigenvalue weighted by molar-refractivity contribution is 5.50. The summed E-state index contributed by atoms with van der Waals surface area (Å²) in [5, 5.41) is 0. The van der Waals surface area contributed by atoms with Gasteiger partial charge >= 0.3 is 0 Å². The van der Waals surface area contributed by atoms with Gasteiger partial charge in [-0.2, -0.15) is 0 Å². The summed E-state index contributed by atoms with van der Waals surface area (Å²) in [5.41, 5.74) is 2.67. The highest BCUT2D eigenvalue weighted by Gasteiger charge is 2.10. The van der Waals surface area contributed by atoms with Crippen molar-refractivity contribution in [3.05, 3.63) is 35.4 Å². The van der Waals surface area contributed by atoms with Gasteiger partial charge in [-0.25, -0.2) is 0 Å². The predicted molar refractivity (Wildman–Crippen MR) is 70.2 cm³/mol. The van der Waals surface area contributed by atoms with Crippen LogP contribution >= 0.6 is 0 Å². The van der Waals surface area contributed by atoms with Crippen LogP contribution in [0, 0.1) is 0 Å². The number of benzene rings is 1. The zero-order valence-electron chi connectivity index (χ0n) is 10.4. The second-order valence-electron chi connectivity index (χ2n) is 4.82. The van der Waals surface area contributed by atoms with Gasteiger partial charge in [0.05, 0.1) is 0 Å². The summed E-state index contributed by atoms with van der Waals surface area (Å²) >= 11 is 0. The van der Waals surface area contributed by atoms with Gasteiger partial charge in [0, 0.05) is 13.0 Å². The predicted octanol–water partition coefficient (Wildman–Crippen LogP) is 2.46. The molecule has 0 radical (unpaired) electrons. The van der Waals surface area contributed by atoms with E-state index < -0.39 is 0 Å². The Morgan fingerprint density at radius 1 is 1.00 bits per heavy atom. The van der Waals surface area contributed by atoms with Crippen molar-refractivity contribution in [3.8, 4) is 0 Å². The molecule has 0 unspecified atom stereocenters. The highest BCUT2D eigenvalue weighted by Crippen LogP contribution is 2.11. The zero-order valence-corrected chi connectivity index (χ0v) is 10.4. The molecular weight excluding hydrogens is 210 g/mol. The van der Waals surface area contributed by atoms with Gasteiger partial charge in [-0.05, 0) is 49.9 Å². The first kappa shape index (κ1) is 12.3. The maximum absolute atomic E-state index is 10.3. The van der Waals surface area contributed by atoms with Crippen LogP contribution in [0.2, 0.25) is 0 Å². The van der Waals surface area contributed by atoms with Crippen molar-refractivity contribution in [3.63, 3.8) is 0 Å². The number of nitrogens with zero attached hydrogens (tertiary/aromatic N) is 1. The smallest absolute Gasteiger partial charge is 0.120 e. The van der Waals surface area contributed by atoms with Gasteiger partial charge in [0.1, 0.15) is 6.29 Å². The fourth-order valence-corrected chi connectivity index (χ4v) is 2.39. The average molecular weight is 231 g/mol. The highest BCUT2D eigenvalue weighted by atomic mass is 16.1. The van der Waals surface area contributed by atoms with Crippen molar-refractivity contribution < 1.29 is 4.79 Å². The largest absolute Gasteiger partial charge is 0.303 e. The van der Waals surface area contributed by atoms with Crippen molar-refractivity contribution in [2.24, 2.45) is 0 Å². The minimum atomic E-state index is 0.632. The molecule has 17 heavy (non-hydrogen) atoms.